The number of carbonyl (C=O) groups is 2. The van der Waals surface area contributed by atoms with E-state index in [1.807, 2.05) is 12.1 Å². The molecule has 0 saturated heterocycles. The van der Waals surface area contributed by atoms with Gasteiger partial charge in [-0.25, -0.2) is 4.98 Å². The number of anilines is 2. The quantitative estimate of drug-likeness (QED) is 0.313. The molecule has 0 atom stereocenters. The van der Waals surface area contributed by atoms with Crippen molar-refractivity contribution in [2.45, 2.75) is 62.9 Å². The number of unbranched alkanes of at least 4 members (excludes halogenated alkanes) is 1. The van der Waals surface area contributed by atoms with Gasteiger partial charge in [0.25, 0.3) is 5.91 Å². The van der Waals surface area contributed by atoms with Crippen LogP contribution in [0.4, 0.5) is 11.5 Å². The Balaban J connectivity index is 1.46. The first-order valence-electron chi connectivity index (χ1n) is 12.0. The minimum absolute atomic E-state index is 0.149. The van der Waals surface area contributed by atoms with Crippen molar-refractivity contribution >= 4 is 35.1 Å². The van der Waals surface area contributed by atoms with Crippen LogP contribution in [0, 0.1) is 5.92 Å². The van der Waals surface area contributed by atoms with Gasteiger partial charge < -0.3 is 20.5 Å². The molecule has 2 heterocycles. The minimum Gasteiger partial charge on any atom is -0.481 e. The third-order valence-electron chi connectivity index (χ3n) is 6.61. The van der Waals surface area contributed by atoms with Crippen LogP contribution in [-0.4, -0.2) is 45.9 Å². The molecular formula is C25H32N4O4S. The van der Waals surface area contributed by atoms with Gasteiger partial charge in [-0.05, 0) is 61.6 Å². The summed E-state index contributed by atoms with van der Waals surface area (Å²) in [5, 5.41) is 9.56. The van der Waals surface area contributed by atoms with E-state index in [-0.39, 0.29) is 35.5 Å². The van der Waals surface area contributed by atoms with E-state index in [9.17, 15) is 9.59 Å². The van der Waals surface area contributed by atoms with Gasteiger partial charge in [-0.15, -0.1) is 0 Å². The van der Waals surface area contributed by atoms with Crippen molar-refractivity contribution in [2.24, 2.45) is 5.92 Å². The number of carboxylic acid groups (broad SMARTS) is 1. The second kappa shape index (κ2) is 11.1. The standard InChI is InChI=1S/C25H32N4O4S/c1-2-3-14-34-25-27-22(26)21-23(28-25)33-13-12-29(24(21)32)19-10-8-18(9-11-19)17-6-4-16(5-7-17)15-20(30)31/h8-11,16-17H,2-7,12-15H2,1H3,(H,30,31)(H2,26,27,28)/t16-,17-. The molecule has 1 aromatic heterocycles. The first-order valence-corrected chi connectivity index (χ1v) is 13.0. The van der Waals surface area contributed by atoms with Crippen molar-refractivity contribution in [1.82, 2.24) is 9.97 Å². The lowest BCUT2D eigenvalue weighted by Gasteiger charge is -2.28. The number of thioether (sulfide) groups is 1. The zero-order chi connectivity index (χ0) is 24.1. The Morgan fingerprint density at radius 3 is 2.62 bits per heavy atom. The molecular weight excluding hydrogens is 452 g/mol. The zero-order valence-electron chi connectivity index (χ0n) is 19.5. The van der Waals surface area contributed by atoms with Crippen molar-refractivity contribution in [3.05, 3.63) is 35.4 Å². The van der Waals surface area contributed by atoms with Gasteiger partial charge in [0.05, 0.1) is 6.54 Å². The zero-order valence-corrected chi connectivity index (χ0v) is 20.4. The van der Waals surface area contributed by atoms with E-state index in [4.69, 9.17) is 15.6 Å². The fraction of sp³-hybridized carbons (Fsp3) is 0.520. The first kappa shape index (κ1) is 24.3. The first-order chi connectivity index (χ1) is 16.5. The molecule has 1 saturated carbocycles. The lowest BCUT2D eigenvalue weighted by molar-refractivity contribution is -0.138. The summed E-state index contributed by atoms with van der Waals surface area (Å²) < 4.78 is 5.81. The largest absolute Gasteiger partial charge is 0.481 e. The van der Waals surface area contributed by atoms with Gasteiger partial charge in [-0.1, -0.05) is 37.2 Å². The monoisotopic (exact) mass is 484 g/mol. The molecule has 1 amide bonds. The fourth-order valence-corrected chi connectivity index (χ4v) is 5.63. The lowest BCUT2D eigenvalue weighted by atomic mass is 9.77. The highest BCUT2D eigenvalue weighted by Crippen LogP contribution is 2.38. The maximum absolute atomic E-state index is 13.4. The molecule has 1 aliphatic carbocycles. The minimum atomic E-state index is -0.710. The number of nitrogens with zero attached hydrogens (tertiary/aromatic N) is 3. The van der Waals surface area contributed by atoms with Gasteiger partial charge >= 0.3 is 5.97 Å². The van der Waals surface area contributed by atoms with Crippen molar-refractivity contribution < 1.29 is 19.4 Å². The van der Waals surface area contributed by atoms with Crippen LogP contribution in [-0.2, 0) is 4.79 Å². The number of hydrogen-bond donors (Lipinski definition) is 2. The third-order valence-corrected chi connectivity index (χ3v) is 7.54. The Morgan fingerprint density at radius 1 is 1.21 bits per heavy atom. The topological polar surface area (TPSA) is 119 Å². The van der Waals surface area contributed by atoms with Crippen LogP contribution in [0.5, 0.6) is 5.88 Å². The molecule has 1 fully saturated rings. The van der Waals surface area contributed by atoms with Crippen LogP contribution in [0.1, 0.15) is 73.7 Å². The van der Waals surface area contributed by atoms with Gasteiger partial charge in [0.1, 0.15) is 18.0 Å². The van der Waals surface area contributed by atoms with E-state index in [0.717, 1.165) is 50.0 Å². The third kappa shape index (κ3) is 5.63. The highest BCUT2D eigenvalue weighted by Gasteiger charge is 2.30. The lowest BCUT2D eigenvalue weighted by Crippen LogP contribution is -2.32. The van der Waals surface area contributed by atoms with Gasteiger partial charge in [0, 0.05) is 17.9 Å². The summed E-state index contributed by atoms with van der Waals surface area (Å²) in [5.74, 6) is 1.04. The Bertz CT molecular complexity index is 1020. The average molecular weight is 485 g/mol. The molecule has 8 nitrogen and oxygen atoms in total. The van der Waals surface area contributed by atoms with Crippen LogP contribution in [0.3, 0.4) is 0 Å². The van der Waals surface area contributed by atoms with Crippen molar-refractivity contribution in [2.75, 3.05) is 29.5 Å². The van der Waals surface area contributed by atoms with E-state index in [0.29, 0.717) is 24.2 Å². The SMILES string of the molecule is CCCCSc1nc(N)c2c(n1)OCCN(c1ccc([C@H]3CC[C@H](CC(=O)O)CC3)cc1)C2=O. The number of nitrogen functional groups attached to an aromatic ring is 1. The van der Waals surface area contributed by atoms with Gasteiger partial charge in [-0.2, -0.15) is 4.98 Å². The number of hydrogen-bond acceptors (Lipinski definition) is 7. The molecule has 3 N–H and O–H groups in total. The summed E-state index contributed by atoms with van der Waals surface area (Å²) in [6.07, 6.45) is 6.27. The number of aromatic nitrogens is 2. The van der Waals surface area contributed by atoms with E-state index in [1.165, 1.54) is 17.3 Å². The number of nitrogens with two attached hydrogens (primary N) is 1. The van der Waals surface area contributed by atoms with Gasteiger partial charge in [0.15, 0.2) is 5.16 Å². The summed E-state index contributed by atoms with van der Waals surface area (Å²) in [7, 11) is 0. The second-order valence-corrected chi connectivity index (χ2v) is 10.0. The van der Waals surface area contributed by atoms with Crippen LogP contribution in [0.25, 0.3) is 0 Å². The summed E-state index contributed by atoms with van der Waals surface area (Å²) in [5.41, 5.74) is 8.41. The number of carbonyl (C=O) groups excluding carboxylic acids is 1. The van der Waals surface area contributed by atoms with Crippen LogP contribution >= 0.6 is 11.8 Å². The second-order valence-electron chi connectivity index (χ2n) is 8.99. The van der Waals surface area contributed by atoms with E-state index in [1.54, 1.807) is 4.90 Å². The molecule has 4 rings (SSSR count). The van der Waals surface area contributed by atoms with Crippen molar-refractivity contribution in [3.8, 4) is 5.88 Å². The number of fused-ring (bicyclic) bond motifs is 1. The normalized spacial score (nSPS) is 20.4. The highest BCUT2D eigenvalue weighted by atomic mass is 32.2. The number of ether oxygens (including phenoxy) is 1. The Kier molecular flexibility index (Phi) is 7.92. The smallest absolute Gasteiger partial charge is 0.303 e. The number of benzene rings is 1. The van der Waals surface area contributed by atoms with Crippen molar-refractivity contribution in [3.63, 3.8) is 0 Å². The maximum atomic E-state index is 13.4. The Labute approximate surface area is 204 Å². The molecule has 0 radical (unpaired) electrons. The van der Waals surface area contributed by atoms with Crippen molar-refractivity contribution in [1.29, 1.82) is 0 Å². The summed E-state index contributed by atoms with van der Waals surface area (Å²) in [6, 6.07) is 8.08. The molecule has 34 heavy (non-hydrogen) atoms. The number of aliphatic carboxylic acids is 1. The van der Waals surface area contributed by atoms with Crippen LogP contribution in [0.15, 0.2) is 29.4 Å². The summed E-state index contributed by atoms with van der Waals surface area (Å²) in [6.45, 7) is 2.85. The molecule has 0 unspecified atom stereocenters. The Morgan fingerprint density at radius 2 is 1.94 bits per heavy atom. The van der Waals surface area contributed by atoms with Gasteiger partial charge in [-0.3, -0.25) is 9.59 Å². The molecule has 0 spiro atoms. The molecule has 182 valence electrons. The highest BCUT2D eigenvalue weighted by molar-refractivity contribution is 7.99. The number of rotatable bonds is 8. The maximum Gasteiger partial charge on any atom is 0.303 e. The molecule has 0 bridgehead atoms. The van der Waals surface area contributed by atoms with Gasteiger partial charge in [0.2, 0.25) is 5.88 Å². The predicted octanol–water partition coefficient (Wildman–Crippen LogP) is 4.74. The van der Waals surface area contributed by atoms with Crippen LogP contribution in [0.2, 0.25) is 0 Å². The summed E-state index contributed by atoms with van der Waals surface area (Å²) in [4.78, 5) is 34.8. The van der Waals surface area contributed by atoms with E-state index >= 15 is 0 Å². The molecule has 2 aromatic rings. The fourth-order valence-electron chi connectivity index (χ4n) is 4.70. The number of carboxylic acids is 1. The van der Waals surface area contributed by atoms with Crippen LogP contribution < -0.4 is 15.4 Å². The average Bonchev–Trinajstić information content (AvgIpc) is 2.98. The molecule has 1 aromatic carbocycles. The molecule has 1 aliphatic heterocycles. The number of amides is 1. The summed E-state index contributed by atoms with van der Waals surface area (Å²) >= 11 is 1.52. The Hall–Kier alpha value is -2.81. The molecule has 2 aliphatic rings. The van der Waals surface area contributed by atoms with E-state index < -0.39 is 5.97 Å². The van der Waals surface area contributed by atoms with E-state index in [2.05, 4.69) is 29.0 Å². The molecule has 9 heteroatoms. The predicted molar refractivity (Wildman–Crippen MR) is 133 cm³/mol.